The van der Waals surface area contributed by atoms with Gasteiger partial charge in [-0.2, -0.15) is 0 Å². The molecule has 0 bridgehead atoms. The van der Waals surface area contributed by atoms with Crippen LogP contribution >= 0.6 is 0 Å². The molecule has 0 unspecified atom stereocenters. The van der Waals surface area contributed by atoms with E-state index in [2.05, 4.69) is 5.32 Å². The molecule has 0 aromatic heterocycles. The number of hydrogen-bond donors (Lipinski definition) is 1. The van der Waals surface area contributed by atoms with E-state index in [0.29, 0.717) is 12.8 Å². The number of hydrogen-bond acceptors (Lipinski definition) is 3. The van der Waals surface area contributed by atoms with Crippen molar-refractivity contribution in [1.82, 2.24) is 0 Å². The first kappa shape index (κ1) is 14.1. The summed E-state index contributed by atoms with van der Waals surface area (Å²) in [6, 6.07) is 5.78. The molecule has 4 nitrogen and oxygen atoms in total. The van der Waals surface area contributed by atoms with E-state index >= 15 is 0 Å². The maximum Gasteiger partial charge on any atom is 0.227 e. The zero-order chi connectivity index (χ0) is 14.0. The van der Waals surface area contributed by atoms with Gasteiger partial charge in [0, 0.05) is 11.6 Å². The third-order valence-corrected chi connectivity index (χ3v) is 5.42. The standard InChI is InChI=1S/C14H19NO3S/c1-10-3-4-13(9-11(10)2)15-14(16)12-5-7-19(17,18)8-6-12/h3-4,9,12H,5-8H2,1-2H3,(H,15,16). The minimum atomic E-state index is -2.91. The van der Waals surface area contributed by atoms with Crippen LogP contribution in [0.4, 0.5) is 5.69 Å². The first-order valence-corrected chi connectivity index (χ1v) is 8.28. The van der Waals surface area contributed by atoms with Crippen LogP contribution in [-0.4, -0.2) is 25.8 Å². The van der Waals surface area contributed by atoms with Gasteiger partial charge in [0.2, 0.25) is 5.91 Å². The van der Waals surface area contributed by atoms with E-state index in [1.165, 1.54) is 5.56 Å². The van der Waals surface area contributed by atoms with Crippen LogP contribution in [-0.2, 0) is 14.6 Å². The molecule has 5 heteroatoms. The predicted octanol–water partition coefficient (Wildman–Crippen LogP) is 2.07. The molecule has 104 valence electrons. The fraction of sp³-hybridized carbons (Fsp3) is 0.500. The number of carbonyl (C=O) groups is 1. The number of aryl methyl sites for hydroxylation is 2. The molecule has 1 aliphatic rings. The summed E-state index contributed by atoms with van der Waals surface area (Å²) in [5.74, 6) is -0.0148. The third-order valence-electron chi connectivity index (χ3n) is 3.70. The van der Waals surface area contributed by atoms with E-state index in [9.17, 15) is 13.2 Å². The zero-order valence-electron chi connectivity index (χ0n) is 11.3. The summed E-state index contributed by atoms with van der Waals surface area (Å²) in [6.07, 6.45) is 0.859. The van der Waals surface area contributed by atoms with Crippen LogP contribution < -0.4 is 5.32 Å². The average molecular weight is 281 g/mol. The van der Waals surface area contributed by atoms with Gasteiger partial charge in [-0.15, -0.1) is 0 Å². The van der Waals surface area contributed by atoms with Crippen molar-refractivity contribution in [2.75, 3.05) is 16.8 Å². The first-order valence-electron chi connectivity index (χ1n) is 6.46. The molecule has 0 saturated carbocycles. The van der Waals surface area contributed by atoms with E-state index in [1.54, 1.807) is 0 Å². The average Bonchev–Trinajstić information content (AvgIpc) is 2.33. The summed E-state index contributed by atoms with van der Waals surface area (Å²) in [6.45, 7) is 4.02. The number of anilines is 1. The molecule has 0 atom stereocenters. The molecule has 1 aromatic carbocycles. The Morgan fingerprint density at radius 2 is 1.79 bits per heavy atom. The monoisotopic (exact) mass is 281 g/mol. The van der Waals surface area contributed by atoms with Gasteiger partial charge in [0.1, 0.15) is 9.84 Å². The van der Waals surface area contributed by atoms with Gasteiger partial charge in [-0.25, -0.2) is 8.42 Å². The summed E-state index contributed by atoms with van der Waals surface area (Å²) in [4.78, 5) is 12.1. The van der Waals surface area contributed by atoms with Gasteiger partial charge < -0.3 is 5.32 Å². The fourth-order valence-corrected chi connectivity index (χ4v) is 3.71. The van der Waals surface area contributed by atoms with Crippen molar-refractivity contribution in [1.29, 1.82) is 0 Å². The Balaban J connectivity index is 2.00. The van der Waals surface area contributed by atoms with Gasteiger partial charge in [-0.1, -0.05) is 6.07 Å². The summed E-state index contributed by atoms with van der Waals surface area (Å²) < 4.78 is 22.7. The number of carbonyl (C=O) groups excluding carboxylic acids is 1. The maximum atomic E-state index is 12.1. The van der Waals surface area contributed by atoms with E-state index in [4.69, 9.17) is 0 Å². The van der Waals surface area contributed by atoms with Crippen LogP contribution in [0.2, 0.25) is 0 Å². The smallest absolute Gasteiger partial charge is 0.227 e. The lowest BCUT2D eigenvalue weighted by atomic mass is 10.0. The predicted molar refractivity (Wildman–Crippen MR) is 75.9 cm³/mol. The molecule has 0 spiro atoms. The molecule has 1 N–H and O–H groups in total. The topological polar surface area (TPSA) is 63.2 Å². The van der Waals surface area contributed by atoms with Crippen molar-refractivity contribution in [3.05, 3.63) is 29.3 Å². The Morgan fingerprint density at radius 1 is 1.16 bits per heavy atom. The SMILES string of the molecule is Cc1ccc(NC(=O)C2CCS(=O)(=O)CC2)cc1C. The molecule has 1 heterocycles. The van der Waals surface area contributed by atoms with Gasteiger partial charge in [0.25, 0.3) is 0 Å². The molecular formula is C14H19NO3S. The van der Waals surface area contributed by atoms with Crippen LogP contribution in [0, 0.1) is 19.8 Å². The second kappa shape index (κ2) is 5.33. The summed E-state index contributed by atoms with van der Waals surface area (Å²) in [5.41, 5.74) is 3.09. The quantitative estimate of drug-likeness (QED) is 0.902. The van der Waals surface area contributed by atoms with Crippen molar-refractivity contribution in [3.63, 3.8) is 0 Å². The van der Waals surface area contributed by atoms with Gasteiger partial charge in [0.15, 0.2) is 0 Å². The number of amides is 1. The van der Waals surface area contributed by atoms with Crippen LogP contribution in [0.1, 0.15) is 24.0 Å². The lowest BCUT2D eigenvalue weighted by molar-refractivity contribution is -0.120. The summed E-state index contributed by atoms with van der Waals surface area (Å²) in [5, 5.41) is 2.87. The molecule has 19 heavy (non-hydrogen) atoms. The third kappa shape index (κ3) is 3.56. The van der Waals surface area contributed by atoms with Crippen LogP contribution in [0.5, 0.6) is 0 Å². The lowest BCUT2D eigenvalue weighted by Gasteiger charge is -2.21. The zero-order valence-corrected chi connectivity index (χ0v) is 12.1. The highest BCUT2D eigenvalue weighted by Gasteiger charge is 2.28. The molecule has 1 saturated heterocycles. The molecule has 1 aliphatic heterocycles. The van der Waals surface area contributed by atoms with Gasteiger partial charge in [-0.05, 0) is 49.9 Å². The Morgan fingerprint density at radius 3 is 2.37 bits per heavy atom. The Kier molecular flexibility index (Phi) is 3.94. The number of benzene rings is 1. The minimum absolute atomic E-state index is 0.0712. The van der Waals surface area contributed by atoms with Crippen molar-refractivity contribution in [2.24, 2.45) is 5.92 Å². The highest BCUT2D eigenvalue weighted by atomic mass is 32.2. The van der Waals surface area contributed by atoms with Crippen molar-refractivity contribution in [2.45, 2.75) is 26.7 Å². The summed E-state index contributed by atoms with van der Waals surface area (Å²) >= 11 is 0. The van der Waals surface area contributed by atoms with E-state index in [1.807, 2.05) is 32.0 Å². The van der Waals surface area contributed by atoms with E-state index in [-0.39, 0.29) is 23.3 Å². The molecular weight excluding hydrogens is 262 g/mol. The van der Waals surface area contributed by atoms with Crippen LogP contribution in [0.3, 0.4) is 0 Å². The molecule has 1 fully saturated rings. The second-order valence-corrected chi connectivity index (χ2v) is 7.52. The van der Waals surface area contributed by atoms with Gasteiger partial charge in [0.05, 0.1) is 11.5 Å². The molecule has 1 aromatic rings. The number of sulfone groups is 1. The largest absolute Gasteiger partial charge is 0.326 e. The lowest BCUT2D eigenvalue weighted by Crippen LogP contribution is -2.31. The highest BCUT2D eigenvalue weighted by molar-refractivity contribution is 7.91. The van der Waals surface area contributed by atoms with Crippen molar-refractivity contribution >= 4 is 21.4 Å². The second-order valence-electron chi connectivity index (χ2n) is 5.21. The fourth-order valence-electron chi connectivity index (χ4n) is 2.22. The van der Waals surface area contributed by atoms with Gasteiger partial charge >= 0.3 is 0 Å². The Labute approximate surface area is 114 Å². The number of rotatable bonds is 2. The number of nitrogens with one attached hydrogen (secondary N) is 1. The first-order chi connectivity index (χ1) is 8.87. The van der Waals surface area contributed by atoms with E-state index < -0.39 is 9.84 Å². The normalized spacial score (nSPS) is 19.1. The minimum Gasteiger partial charge on any atom is -0.326 e. The Bertz CT molecular complexity index is 579. The summed E-state index contributed by atoms with van der Waals surface area (Å²) in [7, 11) is -2.91. The van der Waals surface area contributed by atoms with E-state index in [0.717, 1.165) is 11.3 Å². The molecule has 1 amide bonds. The van der Waals surface area contributed by atoms with Crippen LogP contribution in [0.15, 0.2) is 18.2 Å². The maximum absolute atomic E-state index is 12.1. The highest BCUT2D eigenvalue weighted by Crippen LogP contribution is 2.21. The van der Waals surface area contributed by atoms with Gasteiger partial charge in [-0.3, -0.25) is 4.79 Å². The van der Waals surface area contributed by atoms with Crippen LogP contribution in [0.25, 0.3) is 0 Å². The molecule has 0 aliphatic carbocycles. The Hall–Kier alpha value is -1.36. The van der Waals surface area contributed by atoms with Crippen molar-refractivity contribution in [3.8, 4) is 0 Å². The van der Waals surface area contributed by atoms with Crippen molar-refractivity contribution < 1.29 is 13.2 Å². The molecule has 0 radical (unpaired) electrons. The molecule has 2 rings (SSSR count).